The van der Waals surface area contributed by atoms with Gasteiger partial charge >= 0.3 is 0 Å². The van der Waals surface area contributed by atoms with Gasteiger partial charge in [-0.3, -0.25) is 14.5 Å². The average Bonchev–Trinajstić information content (AvgIpc) is 2.79. The van der Waals surface area contributed by atoms with Gasteiger partial charge in [0, 0.05) is 30.9 Å². The Morgan fingerprint density at radius 2 is 1.78 bits per heavy atom. The molecule has 0 spiro atoms. The number of hydrogen-bond donors (Lipinski definition) is 3. The van der Waals surface area contributed by atoms with Gasteiger partial charge in [0.1, 0.15) is 5.75 Å². The summed E-state index contributed by atoms with van der Waals surface area (Å²) in [7, 11) is 3.73. The van der Waals surface area contributed by atoms with E-state index in [1.807, 2.05) is 18.2 Å². The molecule has 1 fully saturated rings. The molecule has 0 bridgehead atoms. The number of rotatable bonds is 9. The van der Waals surface area contributed by atoms with Crippen LogP contribution in [0.15, 0.2) is 42.5 Å². The van der Waals surface area contributed by atoms with Gasteiger partial charge in [0.05, 0.1) is 19.3 Å². The summed E-state index contributed by atoms with van der Waals surface area (Å²) in [6, 6.07) is 13.9. The smallest absolute Gasteiger partial charge is 0.243 e. The highest BCUT2D eigenvalue weighted by atomic mass is 16.5. The molecule has 3 N–H and O–H groups in total. The monoisotopic (exact) mass is 438 g/mol. The van der Waals surface area contributed by atoms with E-state index in [0.717, 1.165) is 12.2 Å². The molecule has 2 aromatic carbocycles. The molecule has 0 aliphatic heterocycles. The third-order valence-electron chi connectivity index (χ3n) is 5.87. The number of anilines is 3. The zero-order valence-electron chi connectivity index (χ0n) is 19.2. The van der Waals surface area contributed by atoms with E-state index in [9.17, 15) is 9.59 Å². The Balaban J connectivity index is 1.61. The van der Waals surface area contributed by atoms with Crippen LogP contribution in [0.1, 0.15) is 44.6 Å². The number of benzene rings is 2. The van der Waals surface area contributed by atoms with Gasteiger partial charge in [-0.15, -0.1) is 0 Å². The van der Waals surface area contributed by atoms with Gasteiger partial charge in [-0.05, 0) is 49.7 Å². The largest absolute Gasteiger partial charge is 0.495 e. The van der Waals surface area contributed by atoms with Crippen molar-refractivity contribution < 1.29 is 14.3 Å². The molecule has 7 heteroatoms. The van der Waals surface area contributed by atoms with E-state index in [1.54, 1.807) is 25.3 Å². The van der Waals surface area contributed by atoms with E-state index >= 15 is 0 Å². The number of carbonyl (C=O) groups is 2. The van der Waals surface area contributed by atoms with Crippen molar-refractivity contribution in [3.8, 4) is 5.75 Å². The number of amides is 2. The third kappa shape index (κ3) is 6.72. The first-order chi connectivity index (χ1) is 15.5. The van der Waals surface area contributed by atoms with Gasteiger partial charge in [0.2, 0.25) is 11.8 Å². The second-order valence-corrected chi connectivity index (χ2v) is 8.36. The molecule has 1 saturated carbocycles. The number of hydrogen-bond acceptors (Lipinski definition) is 5. The lowest BCUT2D eigenvalue weighted by molar-refractivity contribution is -0.115. The van der Waals surface area contributed by atoms with Crippen LogP contribution < -0.4 is 20.7 Å². The van der Waals surface area contributed by atoms with E-state index in [1.165, 1.54) is 44.6 Å². The fraction of sp³-hybridized carbons (Fsp3) is 0.440. The highest BCUT2D eigenvalue weighted by Gasteiger charge is 2.19. The Bertz CT molecular complexity index is 925. The number of methoxy groups -OCH3 is 1. The molecule has 172 valence electrons. The van der Waals surface area contributed by atoms with E-state index in [2.05, 4.69) is 34.0 Å². The quantitative estimate of drug-likeness (QED) is 0.538. The van der Waals surface area contributed by atoms with Crippen LogP contribution in [0.5, 0.6) is 5.75 Å². The third-order valence-corrected chi connectivity index (χ3v) is 5.87. The fourth-order valence-electron chi connectivity index (χ4n) is 4.21. The Labute approximate surface area is 190 Å². The van der Waals surface area contributed by atoms with Crippen molar-refractivity contribution in [2.75, 3.05) is 36.7 Å². The van der Waals surface area contributed by atoms with Crippen molar-refractivity contribution in [1.82, 2.24) is 4.90 Å². The summed E-state index contributed by atoms with van der Waals surface area (Å²) in [6.45, 7) is 2.41. The second-order valence-electron chi connectivity index (χ2n) is 8.36. The highest BCUT2D eigenvalue weighted by Crippen LogP contribution is 2.28. The van der Waals surface area contributed by atoms with Gasteiger partial charge < -0.3 is 20.7 Å². The van der Waals surface area contributed by atoms with Gasteiger partial charge in [0.15, 0.2) is 0 Å². The first-order valence-corrected chi connectivity index (χ1v) is 11.2. The molecule has 0 aromatic heterocycles. The molecule has 0 unspecified atom stereocenters. The Hall–Kier alpha value is -3.06. The van der Waals surface area contributed by atoms with Crippen LogP contribution in [-0.4, -0.2) is 43.5 Å². The predicted octanol–water partition coefficient (Wildman–Crippen LogP) is 4.47. The molecule has 0 atom stereocenters. The molecule has 1 aliphatic carbocycles. The van der Waals surface area contributed by atoms with E-state index in [0.29, 0.717) is 23.2 Å². The second kappa shape index (κ2) is 11.5. The Morgan fingerprint density at radius 3 is 2.50 bits per heavy atom. The van der Waals surface area contributed by atoms with Crippen LogP contribution in [-0.2, 0) is 16.1 Å². The molecular formula is C25H34N4O3. The number of para-hydroxylation sites is 1. The van der Waals surface area contributed by atoms with Gasteiger partial charge in [-0.25, -0.2) is 0 Å². The number of nitrogens with one attached hydrogen (secondary N) is 3. The highest BCUT2D eigenvalue weighted by molar-refractivity contribution is 5.97. The van der Waals surface area contributed by atoms with Crippen LogP contribution in [0.25, 0.3) is 0 Å². The van der Waals surface area contributed by atoms with E-state index < -0.39 is 0 Å². The van der Waals surface area contributed by atoms with Crippen molar-refractivity contribution in [3.05, 3.63) is 48.0 Å². The molecule has 3 rings (SSSR count). The van der Waals surface area contributed by atoms with Crippen molar-refractivity contribution >= 4 is 28.9 Å². The standard InChI is InChI=1S/C25H34N4O3/c1-18(30)27-20-13-14-24(32-3)23(15-20)28-25(31)16-26-22-12-8-7-9-19(22)17-29(2)21-10-5-4-6-11-21/h7-9,12-15,21,26H,4-6,10-11,16-17H2,1-3H3,(H,27,30)(H,28,31). The minimum Gasteiger partial charge on any atom is -0.495 e. The van der Waals surface area contributed by atoms with E-state index in [-0.39, 0.29) is 18.4 Å². The minimum absolute atomic E-state index is 0.123. The van der Waals surface area contributed by atoms with Crippen LogP contribution in [0, 0.1) is 0 Å². The summed E-state index contributed by atoms with van der Waals surface area (Å²) in [5.74, 6) is 0.157. The average molecular weight is 439 g/mol. The molecule has 7 nitrogen and oxygen atoms in total. The molecule has 2 amide bonds. The number of nitrogens with zero attached hydrogens (tertiary/aromatic N) is 1. The van der Waals surface area contributed by atoms with Crippen molar-refractivity contribution in [3.63, 3.8) is 0 Å². The molecule has 32 heavy (non-hydrogen) atoms. The molecule has 0 saturated heterocycles. The predicted molar refractivity (Wildman–Crippen MR) is 129 cm³/mol. The Kier molecular flexibility index (Phi) is 8.50. The number of ether oxygens (including phenoxy) is 1. The van der Waals surface area contributed by atoms with Crippen LogP contribution >= 0.6 is 0 Å². The van der Waals surface area contributed by atoms with Gasteiger partial charge in [-0.1, -0.05) is 37.5 Å². The topological polar surface area (TPSA) is 82.7 Å². The summed E-state index contributed by atoms with van der Waals surface area (Å²) in [5.41, 5.74) is 3.25. The normalized spacial score (nSPS) is 14.1. The molecule has 0 heterocycles. The maximum Gasteiger partial charge on any atom is 0.243 e. The maximum absolute atomic E-state index is 12.6. The maximum atomic E-state index is 12.6. The van der Waals surface area contributed by atoms with Crippen LogP contribution in [0.2, 0.25) is 0 Å². The molecule has 0 radical (unpaired) electrons. The number of carbonyl (C=O) groups excluding carboxylic acids is 2. The lowest BCUT2D eigenvalue weighted by Gasteiger charge is -2.31. The first-order valence-electron chi connectivity index (χ1n) is 11.2. The van der Waals surface area contributed by atoms with Gasteiger partial charge in [0.25, 0.3) is 0 Å². The summed E-state index contributed by atoms with van der Waals surface area (Å²) in [4.78, 5) is 26.4. The SMILES string of the molecule is COc1ccc(NC(C)=O)cc1NC(=O)CNc1ccccc1CN(C)C1CCCCC1. The van der Waals surface area contributed by atoms with Crippen LogP contribution in [0.3, 0.4) is 0 Å². The summed E-state index contributed by atoms with van der Waals surface area (Å²) in [5, 5.41) is 8.86. The fourth-order valence-corrected chi connectivity index (χ4v) is 4.21. The minimum atomic E-state index is -0.196. The summed E-state index contributed by atoms with van der Waals surface area (Å²) >= 11 is 0. The lowest BCUT2D eigenvalue weighted by atomic mass is 9.94. The van der Waals surface area contributed by atoms with Crippen LogP contribution in [0.4, 0.5) is 17.1 Å². The molecular weight excluding hydrogens is 404 g/mol. The van der Waals surface area contributed by atoms with Gasteiger partial charge in [-0.2, -0.15) is 0 Å². The molecule has 2 aromatic rings. The first kappa shape index (κ1) is 23.6. The zero-order chi connectivity index (χ0) is 22.9. The van der Waals surface area contributed by atoms with Crippen molar-refractivity contribution in [2.24, 2.45) is 0 Å². The Morgan fingerprint density at radius 1 is 1.03 bits per heavy atom. The van der Waals surface area contributed by atoms with E-state index in [4.69, 9.17) is 4.74 Å². The summed E-state index contributed by atoms with van der Waals surface area (Å²) < 4.78 is 5.34. The van der Waals surface area contributed by atoms with Crippen molar-refractivity contribution in [1.29, 1.82) is 0 Å². The van der Waals surface area contributed by atoms with Crippen molar-refractivity contribution in [2.45, 2.75) is 51.6 Å². The molecule has 1 aliphatic rings. The lowest BCUT2D eigenvalue weighted by Crippen LogP contribution is -2.33. The zero-order valence-corrected chi connectivity index (χ0v) is 19.2. The summed E-state index contributed by atoms with van der Waals surface area (Å²) in [6.07, 6.45) is 6.47.